The van der Waals surface area contributed by atoms with Gasteiger partial charge in [0.1, 0.15) is 11.5 Å². The van der Waals surface area contributed by atoms with Crippen LogP contribution in [0, 0.1) is 0 Å². The third-order valence-electron chi connectivity index (χ3n) is 5.28. The Balaban J connectivity index is 0.000000181. The molecule has 2 aliphatic rings. The molecule has 0 bridgehead atoms. The molecule has 0 atom stereocenters. The predicted molar refractivity (Wildman–Crippen MR) is 124 cm³/mol. The first-order valence-electron chi connectivity index (χ1n) is 11.4. The van der Waals surface area contributed by atoms with E-state index in [-0.39, 0.29) is 5.91 Å². The normalized spacial score (nSPS) is 13.9. The second kappa shape index (κ2) is 12.6. The van der Waals surface area contributed by atoms with Crippen molar-refractivity contribution in [3.8, 4) is 11.5 Å². The molecule has 0 aliphatic heterocycles. The Morgan fingerprint density at radius 3 is 2.38 bits per heavy atom. The number of aryl methyl sites for hydroxylation is 2. The molecule has 7 nitrogen and oxygen atoms in total. The zero-order chi connectivity index (χ0) is 22.6. The van der Waals surface area contributed by atoms with Gasteiger partial charge in [0.15, 0.2) is 0 Å². The maximum Gasteiger partial charge on any atom is 0.251 e. The third-order valence-corrected chi connectivity index (χ3v) is 5.28. The summed E-state index contributed by atoms with van der Waals surface area (Å²) in [6.45, 7) is 2.07. The molecule has 3 aromatic rings. The molecule has 2 aromatic heterocycles. The van der Waals surface area contributed by atoms with Crippen LogP contribution in [0.15, 0.2) is 45.6 Å². The van der Waals surface area contributed by atoms with Crippen molar-refractivity contribution in [2.45, 2.75) is 64.7 Å². The molecule has 5 rings (SSSR count). The van der Waals surface area contributed by atoms with E-state index in [2.05, 4.69) is 33.5 Å². The highest BCUT2D eigenvalue weighted by atomic mass is 16.4. The molecular formula is C25H32N4O3. The Labute approximate surface area is 189 Å². The first kappa shape index (κ1) is 23.4. The van der Waals surface area contributed by atoms with Crippen LogP contribution in [0.2, 0.25) is 0 Å². The molecule has 0 saturated heterocycles. The van der Waals surface area contributed by atoms with Crippen LogP contribution in [0.1, 0.15) is 79.6 Å². The van der Waals surface area contributed by atoms with E-state index in [0.29, 0.717) is 11.5 Å². The molecule has 0 spiro atoms. The standard InChI is InChI=1S/C15H14N2O2.C5H8N2O.C5H10/c1-16-14(18)10-6-8-11(9-7-10)15-17-12-4-2-3-5-13(12)19-15;1-2-3-5-7-6-4-8-5;1-2-4-5-3-1/h2,4,6-9H,3,5H2,1H3,(H,16,18);4H,2-3H2,1H3;1-5H2. The topological polar surface area (TPSA) is 94.1 Å². The number of oxazole rings is 1. The zero-order valence-corrected chi connectivity index (χ0v) is 19.0. The van der Waals surface area contributed by atoms with Crippen LogP contribution >= 0.6 is 0 Å². The highest BCUT2D eigenvalue weighted by molar-refractivity contribution is 5.94. The molecule has 1 aromatic carbocycles. The summed E-state index contributed by atoms with van der Waals surface area (Å²) in [6, 6.07) is 7.25. The van der Waals surface area contributed by atoms with Gasteiger partial charge in [-0.3, -0.25) is 4.79 Å². The molecule has 0 unspecified atom stereocenters. The molecule has 1 fully saturated rings. The largest absolute Gasteiger partial charge is 0.441 e. The summed E-state index contributed by atoms with van der Waals surface area (Å²) in [6.07, 6.45) is 16.8. The fourth-order valence-electron chi connectivity index (χ4n) is 3.52. The van der Waals surface area contributed by atoms with Gasteiger partial charge in [-0.1, -0.05) is 45.1 Å². The minimum atomic E-state index is -0.0961. The number of rotatable bonds is 4. The van der Waals surface area contributed by atoms with Gasteiger partial charge < -0.3 is 14.2 Å². The molecular weight excluding hydrogens is 404 g/mol. The van der Waals surface area contributed by atoms with E-state index in [1.807, 2.05) is 18.2 Å². The Bertz CT molecular complexity index is 964. The van der Waals surface area contributed by atoms with E-state index in [1.165, 1.54) is 38.5 Å². The van der Waals surface area contributed by atoms with Crippen LogP contribution < -0.4 is 5.32 Å². The van der Waals surface area contributed by atoms with Gasteiger partial charge in [-0.2, -0.15) is 0 Å². The molecule has 170 valence electrons. The number of nitrogens with zero attached hydrogens (tertiary/aromatic N) is 3. The molecule has 7 heteroatoms. The number of benzene rings is 1. The van der Waals surface area contributed by atoms with Crippen molar-refractivity contribution in [2.24, 2.45) is 0 Å². The van der Waals surface area contributed by atoms with Crippen LogP contribution in [0.4, 0.5) is 0 Å². The average molecular weight is 437 g/mol. The van der Waals surface area contributed by atoms with Gasteiger partial charge in [-0.15, -0.1) is 10.2 Å². The smallest absolute Gasteiger partial charge is 0.251 e. The van der Waals surface area contributed by atoms with Crippen LogP contribution in [0.3, 0.4) is 0 Å². The molecule has 32 heavy (non-hydrogen) atoms. The van der Waals surface area contributed by atoms with Crippen molar-refractivity contribution in [3.63, 3.8) is 0 Å². The number of hydrogen-bond donors (Lipinski definition) is 1. The summed E-state index contributed by atoms with van der Waals surface area (Å²) in [7, 11) is 1.62. The second-order valence-corrected chi connectivity index (χ2v) is 7.78. The fraction of sp³-hybridized carbons (Fsp3) is 0.440. The maximum absolute atomic E-state index is 11.5. The first-order valence-corrected chi connectivity index (χ1v) is 11.4. The minimum absolute atomic E-state index is 0.0961. The Morgan fingerprint density at radius 1 is 1.09 bits per heavy atom. The number of carbonyl (C=O) groups is 1. The summed E-state index contributed by atoms with van der Waals surface area (Å²) in [5, 5.41) is 9.81. The number of amides is 1. The van der Waals surface area contributed by atoms with E-state index >= 15 is 0 Å². The Hall–Kier alpha value is -3.22. The van der Waals surface area contributed by atoms with Crippen molar-refractivity contribution in [3.05, 3.63) is 59.6 Å². The lowest BCUT2D eigenvalue weighted by Gasteiger charge is -2.00. The number of aromatic nitrogens is 3. The number of carbonyl (C=O) groups excluding carboxylic acids is 1. The highest BCUT2D eigenvalue weighted by Crippen LogP contribution is 2.26. The quantitative estimate of drug-likeness (QED) is 0.569. The molecule has 2 aliphatic carbocycles. The SMILES string of the molecule is C1CCCC1.CCCc1nnco1.CNC(=O)c1ccc(-c2nc3c(o2)CCC=C3)cc1. The van der Waals surface area contributed by atoms with Crippen LogP contribution in [0.25, 0.3) is 17.5 Å². The Kier molecular flexibility index (Phi) is 9.22. The number of fused-ring (bicyclic) bond motifs is 1. The number of allylic oxidation sites excluding steroid dienone is 1. The van der Waals surface area contributed by atoms with Crippen molar-refractivity contribution in [1.29, 1.82) is 0 Å². The fourth-order valence-corrected chi connectivity index (χ4v) is 3.52. The predicted octanol–water partition coefficient (Wildman–Crippen LogP) is 5.63. The van der Waals surface area contributed by atoms with E-state index in [9.17, 15) is 4.79 Å². The number of nitrogens with one attached hydrogen (secondary N) is 1. The first-order chi connectivity index (χ1) is 15.7. The van der Waals surface area contributed by atoms with E-state index < -0.39 is 0 Å². The van der Waals surface area contributed by atoms with Crippen LogP contribution in [-0.2, 0) is 12.8 Å². The van der Waals surface area contributed by atoms with Crippen molar-refractivity contribution in [1.82, 2.24) is 20.5 Å². The van der Waals surface area contributed by atoms with E-state index in [4.69, 9.17) is 8.83 Å². The lowest BCUT2D eigenvalue weighted by atomic mass is 10.1. The van der Waals surface area contributed by atoms with Gasteiger partial charge >= 0.3 is 0 Å². The van der Waals surface area contributed by atoms with E-state index in [0.717, 1.165) is 48.6 Å². The molecule has 1 saturated carbocycles. The molecule has 1 N–H and O–H groups in total. The molecule has 0 radical (unpaired) electrons. The lowest BCUT2D eigenvalue weighted by molar-refractivity contribution is 0.0963. The van der Waals surface area contributed by atoms with Gasteiger partial charge in [0, 0.05) is 31.0 Å². The molecule has 1 amide bonds. The summed E-state index contributed by atoms with van der Waals surface area (Å²) in [4.78, 5) is 15.9. The minimum Gasteiger partial charge on any atom is -0.441 e. The average Bonchev–Trinajstić information content (AvgIpc) is 3.62. The Morgan fingerprint density at radius 2 is 1.81 bits per heavy atom. The maximum atomic E-state index is 11.5. The van der Waals surface area contributed by atoms with Crippen LogP contribution in [-0.4, -0.2) is 28.1 Å². The van der Waals surface area contributed by atoms with Crippen LogP contribution in [0.5, 0.6) is 0 Å². The summed E-state index contributed by atoms with van der Waals surface area (Å²) in [5.74, 6) is 2.18. The van der Waals surface area contributed by atoms with Gasteiger partial charge in [0.2, 0.25) is 18.2 Å². The summed E-state index contributed by atoms with van der Waals surface area (Å²) < 4.78 is 10.6. The zero-order valence-electron chi connectivity index (χ0n) is 19.0. The van der Waals surface area contributed by atoms with Gasteiger partial charge in [-0.05, 0) is 43.2 Å². The van der Waals surface area contributed by atoms with Gasteiger partial charge in [-0.25, -0.2) is 4.98 Å². The van der Waals surface area contributed by atoms with Gasteiger partial charge in [0.25, 0.3) is 5.91 Å². The van der Waals surface area contributed by atoms with Crippen molar-refractivity contribution in [2.75, 3.05) is 7.05 Å². The highest BCUT2D eigenvalue weighted by Gasteiger charge is 2.15. The van der Waals surface area contributed by atoms with Crippen molar-refractivity contribution < 1.29 is 13.6 Å². The van der Waals surface area contributed by atoms with E-state index in [1.54, 1.807) is 19.2 Å². The summed E-state index contributed by atoms with van der Waals surface area (Å²) >= 11 is 0. The second-order valence-electron chi connectivity index (χ2n) is 7.78. The summed E-state index contributed by atoms with van der Waals surface area (Å²) in [5.41, 5.74) is 2.43. The van der Waals surface area contributed by atoms with Crippen molar-refractivity contribution >= 4 is 12.0 Å². The molecule has 2 heterocycles. The third kappa shape index (κ3) is 6.90. The van der Waals surface area contributed by atoms with Gasteiger partial charge in [0.05, 0.1) is 0 Å². The lowest BCUT2D eigenvalue weighted by Crippen LogP contribution is -2.17. The number of hydrogen-bond acceptors (Lipinski definition) is 6. The monoisotopic (exact) mass is 436 g/mol.